The van der Waals surface area contributed by atoms with E-state index in [-0.39, 0.29) is 0 Å². The molecule has 7 aromatic rings. The topological polar surface area (TPSA) is 4.93 Å². The molecule has 174 valence electrons. The SMILES string of the molecule is c1ccc(-c2ccc3c(c2)c(-c2ccccc2)cn3-c2ccc(-c3ccc4ccccc4c3)cc2)cc1. The largest absolute Gasteiger partial charge is 0.316 e. The van der Waals surface area contributed by atoms with Crippen LogP contribution >= 0.6 is 0 Å². The Balaban J connectivity index is 1.34. The van der Waals surface area contributed by atoms with Crippen LogP contribution in [0.3, 0.4) is 0 Å². The molecular formula is C36H25N. The van der Waals surface area contributed by atoms with Gasteiger partial charge in [0, 0.05) is 22.8 Å². The van der Waals surface area contributed by atoms with Gasteiger partial charge in [-0.3, -0.25) is 0 Å². The summed E-state index contributed by atoms with van der Waals surface area (Å²) in [6.45, 7) is 0. The molecule has 0 saturated heterocycles. The van der Waals surface area contributed by atoms with Crippen LogP contribution < -0.4 is 0 Å². The molecule has 7 rings (SSSR count). The second-order valence-electron chi connectivity index (χ2n) is 9.49. The first-order valence-corrected chi connectivity index (χ1v) is 12.7. The Morgan fingerprint density at radius 3 is 1.70 bits per heavy atom. The zero-order valence-electron chi connectivity index (χ0n) is 20.4. The Bertz CT molecular complexity index is 1840. The molecule has 6 aromatic carbocycles. The van der Waals surface area contributed by atoms with Crippen LogP contribution in [0.15, 0.2) is 152 Å². The van der Waals surface area contributed by atoms with Crippen LogP contribution in [0.25, 0.3) is 60.7 Å². The molecular weight excluding hydrogens is 446 g/mol. The summed E-state index contributed by atoms with van der Waals surface area (Å²) in [7, 11) is 0. The molecule has 0 atom stereocenters. The molecule has 1 heterocycles. The van der Waals surface area contributed by atoms with Crippen molar-refractivity contribution in [2.75, 3.05) is 0 Å². The monoisotopic (exact) mass is 471 g/mol. The van der Waals surface area contributed by atoms with Gasteiger partial charge in [0.1, 0.15) is 0 Å². The maximum absolute atomic E-state index is 2.33. The second kappa shape index (κ2) is 8.96. The Labute approximate surface area is 216 Å². The number of hydrogen-bond donors (Lipinski definition) is 0. The quantitative estimate of drug-likeness (QED) is 0.241. The lowest BCUT2D eigenvalue weighted by Crippen LogP contribution is -1.92. The lowest BCUT2D eigenvalue weighted by atomic mass is 10.00. The summed E-state index contributed by atoms with van der Waals surface area (Å²) in [5.41, 5.74) is 9.75. The molecule has 0 aliphatic rings. The lowest BCUT2D eigenvalue weighted by Gasteiger charge is -2.09. The molecule has 0 spiro atoms. The van der Waals surface area contributed by atoms with Gasteiger partial charge in [0.2, 0.25) is 0 Å². The lowest BCUT2D eigenvalue weighted by molar-refractivity contribution is 1.13. The van der Waals surface area contributed by atoms with E-state index in [0.717, 1.165) is 5.69 Å². The summed E-state index contributed by atoms with van der Waals surface area (Å²) in [5, 5.41) is 3.79. The normalized spacial score (nSPS) is 11.2. The summed E-state index contributed by atoms with van der Waals surface area (Å²) < 4.78 is 2.32. The molecule has 0 bridgehead atoms. The number of rotatable bonds is 4. The fourth-order valence-electron chi connectivity index (χ4n) is 5.28. The molecule has 0 aliphatic carbocycles. The third-order valence-electron chi connectivity index (χ3n) is 7.22. The van der Waals surface area contributed by atoms with Gasteiger partial charge in [-0.2, -0.15) is 0 Å². The van der Waals surface area contributed by atoms with E-state index < -0.39 is 0 Å². The van der Waals surface area contributed by atoms with Crippen molar-refractivity contribution in [3.8, 4) is 39.1 Å². The average molecular weight is 472 g/mol. The maximum Gasteiger partial charge on any atom is 0.0535 e. The van der Waals surface area contributed by atoms with Crippen molar-refractivity contribution in [2.24, 2.45) is 0 Å². The minimum absolute atomic E-state index is 1.16. The van der Waals surface area contributed by atoms with Crippen molar-refractivity contribution in [2.45, 2.75) is 0 Å². The molecule has 37 heavy (non-hydrogen) atoms. The number of aromatic nitrogens is 1. The van der Waals surface area contributed by atoms with Crippen LogP contribution in [0.2, 0.25) is 0 Å². The van der Waals surface area contributed by atoms with Gasteiger partial charge in [-0.1, -0.05) is 115 Å². The zero-order chi connectivity index (χ0) is 24.6. The number of benzene rings is 6. The number of nitrogens with zero attached hydrogens (tertiary/aromatic N) is 1. The van der Waals surface area contributed by atoms with Crippen molar-refractivity contribution in [1.29, 1.82) is 0 Å². The van der Waals surface area contributed by atoms with Crippen molar-refractivity contribution in [3.63, 3.8) is 0 Å². The maximum atomic E-state index is 2.33. The van der Waals surface area contributed by atoms with Crippen LogP contribution in [0.1, 0.15) is 0 Å². The highest BCUT2D eigenvalue weighted by atomic mass is 15.0. The van der Waals surface area contributed by atoms with E-state index in [0.29, 0.717) is 0 Å². The van der Waals surface area contributed by atoms with Crippen molar-refractivity contribution in [3.05, 3.63) is 152 Å². The third kappa shape index (κ3) is 3.91. The van der Waals surface area contributed by atoms with Crippen LogP contribution in [0.4, 0.5) is 0 Å². The molecule has 0 amide bonds. The highest BCUT2D eigenvalue weighted by Crippen LogP contribution is 2.36. The van der Waals surface area contributed by atoms with Gasteiger partial charge in [-0.05, 0) is 68.9 Å². The van der Waals surface area contributed by atoms with Crippen molar-refractivity contribution < 1.29 is 0 Å². The van der Waals surface area contributed by atoms with E-state index in [1.165, 1.54) is 55.1 Å². The van der Waals surface area contributed by atoms with Gasteiger partial charge < -0.3 is 4.57 Å². The number of hydrogen-bond acceptors (Lipinski definition) is 0. The first-order valence-electron chi connectivity index (χ1n) is 12.7. The summed E-state index contributed by atoms with van der Waals surface area (Å²) in [6, 6.07) is 52.2. The highest BCUT2D eigenvalue weighted by Gasteiger charge is 2.13. The molecule has 1 aromatic heterocycles. The van der Waals surface area contributed by atoms with E-state index >= 15 is 0 Å². The first-order chi connectivity index (χ1) is 18.3. The smallest absolute Gasteiger partial charge is 0.0535 e. The van der Waals surface area contributed by atoms with Crippen LogP contribution in [-0.2, 0) is 0 Å². The van der Waals surface area contributed by atoms with Crippen LogP contribution in [-0.4, -0.2) is 4.57 Å². The third-order valence-corrected chi connectivity index (χ3v) is 7.22. The Hall–Kier alpha value is -4.88. The van der Waals surface area contributed by atoms with Gasteiger partial charge in [0.15, 0.2) is 0 Å². The highest BCUT2D eigenvalue weighted by molar-refractivity contribution is 5.99. The summed E-state index contributed by atoms with van der Waals surface area (Å²) in [6.07, 6.45) is 2.28. The molecule has 0 aliphatic heterocycles. The van der Waals surface area contributed by atoms with Crippen LogP contribution in [0.5, 0.6) is 0 Å². The molecule has 0 saturated carbocycles. The van der Waals surface area contributed by atoms with Crippen molar-refractivity contribution in [1.82, 2.24) is 4.57 Å². The zero-order valence-corrected chi connectivity index (χ0v) is 20.4. The minimum atomic E-state index is 1.16. The molecule has 1 nitrogen and oxygen atoms in total. The predicted molar refractivity (Wildman–Crippen MR) is 157 cm³/mol. The fraction of sp³-hybridized carbons (Fsp3) is 0. The van der Waals surface area contributed by atoms with Gasteiger partial charge >= 0.3 is 0 Å². The van der Waals surface area contributed by atoms with Crippen molar-refractivity contribution >= 4 is 21.7 Å². The van der Waals surface area contributed by atoms with Gasteiger partial charge in [-0.25, -0.2) is 0 Å². The van der Waals surface area contributed by atoms with Gasteiger partial charge in [0.05, 0.1) is 5.52 Å². The Morgan fingerprint density at radius 2 is 0.946 bits per heavy atom. The van der Waals surface area contributed by atoms with E-state index in [2.05, 4.69) is 156 Å². The van der Waals surface area contributed by atoms with E-state index in [4.69, 9.17) is 0 Å². The Kier molecular flexibility index (Phi) is 5.19. The average Bonchev–Trinajstić information content (AvgIpc) is 3.37. The number of fused-ring (bicyclic) bond motifs is 2. The minimum Gasteiger partial charge on any atom is -0.316 e. The second-order valence-corrected chi connectivity index (χ2v) is 9.49. The van der Waals surface area contributed by atoms with E-state index in [9.17, 15) is 0 Å². The molecule has 0 N–H and O–H groups in total. The molecule has 0 radical (unpaired) electrons. The summed E-state index contributed by atoms with van der Waals surface area (Å²) in [5.74, 6) is 0. The standard InChI is InChI=1S/C36H25N/c1-3-9-26(10-4-1)32-19-22-36-34(24-32)35(29-12-5-2-6-13-29)25-37(36)33-20-17-28(18-21-33)31-16-15-27-11-7-8-14-30(27)23-31/h1-25H. The van der Waals surface area contributed by atoms with E-state index in [1.807, 2.05) is 0 Å². The van der Waals surface area contributed by atoms with Gasteiger partial charge in [0.25, 0.3) is 0 Å². The van der Waals surface area contributed by atoms with Gasteiger partial charge in [-0.15, -0.1) is 0 Å². The predicted octanol–water partition coefficient (Wildman–Crippen LogP) is 9.78. The molecule has 1 heteroatoms. The summed E-state index contributed by atoms with van der Waals surface area (Å²) in [4.78, 5) is 0. The first kappa shape index (κ1) is 21.4. The molecule has 0 fully saturated rings. The fourth-order valence-corrected chi connectivity index (χ4v) is 5.28. The molecule has 0 unspecified atom stereocenters. The summed E-state index contributed by atoms with van der Waals surface area (Å²) >= 11 is 0. The van der Waals surface area contributed by atoms with Crippen LogP contribution in [0, 0.1) is 0 Å². The Morgan fingerprint density at radius 1 is 0.378 bits per heavy atom. The van der Waals surface area contributed by atoms with E-state index in [1.54, 1.807) is 0 Å².